The first-order chi connectivity index (χ1) is 17.4. The Morgan fingerprint density at radius 3 is 1.94 bits per heavy atom. The van der Waals surface area contributed by atoms with Crippen molar-refractivity contribution in [3.63, 3.8) is 0 Å². The minimum absolute atomic E-state index is 0.0105. The summed E-state index contributed by atoms with van der Waals surface area (Å²) in [4.78, 5) is 16.0. The number of allylic oxidation sites excluding steroid dienone is 2. The fraction of sp³-hybridized carbons (Fsp3) is 0.382. The van der Waals surface area contributed by atoms with Gasteiger partial charge in [0.15, 0.2) is 5.78 Å². The third kappa shape index (κ3) is 4.98. The fourth-order valence-electron chi connectivity index (χ4n) is 6.24. The van der Waals surface area contributed by atoms with Crippen molar-refractivity contribution in [3.05, 3.63) is 107 Å². The molecule has 3 aromatic rings. The number of benzene rings is 3. The largest absolute Gasteiger partial charge is 0.289 e. The summed E-state index contributed by atoms with van der Waals surface area (Å²) >= 11 is 1.72. The zero-order valence-corrected chi connectivity index (χ0v) is 23.4. The van der Waals surface area contributed by atoms with Gasteiger partial charge in [0.25, 0.3) is 0 Å². The number of hydrogen-bond acceptors (Lipinski definition) is 2. The molecule has 0 unspecified atom stereocenters. The van der Waals surface area contributed by atoms with Crippen LogP contribution in [-0.2, 0) is 10.8 Å². The van der Waals surface area contributed by atoms with Gasteiger partial charge in [0.2, 0.25) is 0 Å². The second-order valence-electron chi connectivity index (χ2n) is 10.6. The van der Waals surface area contributed by atoms with E-state index in [9.17, 15) is 4.79 Å². The van der Waals surface area contributed by atoms with Crippen molar-refractivity contribution in [3.8, 4) is 0 Å². The Morgan fingerprint density at radius 1 is 0.778 bits per heavy atom. The highest BCUT2D eigenvalue weighted by Gasteiger charge is 2.50. The van der Waals surface area contributed by atoms with Gasteiger partial charge in [-0.3, -0.25) is 4.79 Å². The van der Waals surface area contributed by atoms with Crippen LogP contribution in [0.15, 0.2) is 94.2 Å². The molecule has 36 heavy (non-hydrogen) atoms. The van der Waals surface area contributed by atoms with Crippen LogP contribution in [0.1, 0.15) is 100 Å². The van der Waals surface area contributed by atoms with E-state index in [4.69, 9.17) is 0 Å². The molecular formula is C34H40OS. The molecule has 0 aromatic heterocycles. The molecular weight excluding hydrogens is 456 g/mol. The standard InChI is InChI=1S/C34H40OS/c1-6-9-22-34(23-10-7-2)30-24-26(18-21-29(30)33(4,5)31(34)8-3)32(35)25-16-19-28(20-17-25)36-27-14-12-11-13-15-27/h8,11-21,24H,6-7,9-10,22-23H2,1-5H3/b31-8+. The first kappa shape index (κ1) is 26.5. The van der Waals surface area contributed by atoms with Crippen molar-refractivity contribution in [1.82, 2.24) is 0 Å². The Balaban J connectivity index is 1.69. The van der Waals surface area contributed by atoms with E-state index in [0.29, 0.717) is 0 Å². The molecule has 1 nitrogen and oxygen atoms in total. The molecule has 188 valence electrons. The summed E-state index contributed by atoms with van der Waals surface area (Å²) in [6, 6.07) is 25.0. The lowest BCUT2D eigenvalue weighted by atomic mass is 9.67. The van der Waals surface area contributed by atoms with Gasteiger partial charge in [0.05, 0.1) is 0 Å². The molecule has 0 amide bonds. The number of carbonyl (C=O) groups excluding carboxylic acids is 1. The van der Waals surface area contributed by atoms with Gasteiger partial charge in [-0.15, -0.1) is 0 Å². The van der Waals surface area contributed by atoms with Crippen LogP contribution in [0, 0.1) is 0 Å². The molecule has 0 atom stereocenters. The highest BCUT2D eigenvalue weighted by molar-refractivity contribution is 7.99. The summed E-state index contributed by atoms with van der Waals surface area (Å²) in [5.41, 5.74) is 5.92. The van der Waals surface area contributed by atoms with E-state index in [1.54, 1.807) is 17.3 Å². The maximum Gasteiger partial charge on any atom is 0.193 e. The Labute approximate surface area is 222 Å². The number of fused-ring (bicyclic) bond motifs is 1. The van der Waals surface area contributed by atoms with E-state index < -0.39 is 0 Å². The lowest BCUT2D eigenvalue weighted by molar-refractivity contribution is 0.103. The van der Waals surface area contributed by atoms with Crippen molar-refractivity contribution in [2.24, 2.45) is 0 Å². The van der Waals surface area contributed by atoms with Crippen molar-refractivity contribution >= 4 is 17.5 Å². The quantitative estimate of drug-likeness (QED) is 0.205. The van der Waals surface area contributed by atoms with E-state index in [0.717, 1.165) is 28.9 Å². The highest BCUT2D eigenvalue weighted by Crippen LogP contribution is 2.58. The molecule has 0 aliphatic heterocycles. The molecule has 0 saturated heterocycles. The molecule has 1 aliphatic carbocycles. The summed E-state index contributed by atoms with van der Waals surface area (Å²) in [7, 11) is 0. The van der Waals surface area contributed by atoms with Crippen LogP contribution in [0.25, 0.3) is 0 Å². The molecule has 0 heterocycles. The molecule has 4 rings (SSSR count). The van der Waals surface area contributed by atoms with Crippen molar-refractivity contribution in [1.29, 1.82) is 0 Å². The van der Waals surface area contributed by atoms with Gasteiger partial charge in [0, 0.05) is 31.7 Å². The molecule has 0 bridgehead atoms. The number of ketones is 1. The second kappa shape index (κ2) is 11.2. The topological polar surface area (TPSA) is 17.1 Å². The molecule has 3 aromatic carbocycles. The van der Waals surface area contributed by atoms with E-state index in [1.165, 1.54) is 41.7 Å². The third-order valence-electron chi connectivity index (χ3n) is 7.96. The van der Waals surface area contributed by atoms with Crippen molar-refractivity contribution in [2.45, 2.75) is 93.8 Å². The second-order valence-corrected chi connectivity index (χ2v) is 11.8. The van der Waals surface area contributed by atoms with Crippen LogP contribution in [0.5, 0.6) is 0 Å². The average Bonchev–Trinajstić information content (AvgIpc) is 3.09. The molecule has 0 spiro atoms. The van der Waals surface area contributed by atoms with E-state index in [2.05, 4.69) is 95.3 Å². The average molecular weight is 497 g/mol. The predicted octanol–water partition coefficient (Wildman–Crippen LogP) is 9.92. The van der Waals surface area contributed by atoms with Gasteiger partial charge in [-0.25, -0.2) is 0 Å². The first-order valence-corrected chi connectivity index (χ1v) is 14.4. The number of rotatable bonds is 10. The smallest absolute Gasteiger partial charge is 0.193 e. The van der Waals surface area contributed by atoms with Gasteiger partial charge in [0.1, 0.15) is 0 Å². The molecule has 0 saturated carbocycles. The Bertz CT molecular complexity index is 1210. The molecule has 2 heteroatoms. The number of hydrogen-bond donors (Lipinski definition) is 0. The first-order valence-electron chi connectivity index (χ1n) is 13.6. The van der Waals surface area contributed by atoms with E-state index in [-0.39, 0.29) is 16.6 Å². The molecule has 0 N–H and O–H groups in total. The minimum Gasteiger partial charge on any atom is -0.289 e. The van der Waals surface area contributed by atoms with Crippen LogP contribution in [-0.4, -0.2) is 5.78 Å². The normalized spacial score (nSPS) is 16.8. The zero-order valence-electron chi connectivity index (χ0n) is 22.6. The van der Waals surface area contributed by atoms with Gasteiger partial charge in [-0.1, -0.05) is 107 Å². The van der Waals surface area contributed by atoms with Gasteiger partial charge >= 0.3 is 0 Å². The lowest BCUT2D eigenvalue weighted by Gasteiger charge is -2.36. The summed E-state index contributed by atoms with van der Waals surface area (Å²) in [5, 5.41) is 0. The Hall–Kier alpha value is -2.58. The summed E-state index contributed by atoms with van der Waals surface area (Å²) in [6.45, 7) is 11.5. The van der Waals surface area contributed by atoms with Gasteiger partial charge in [-0.05, 0) is 73.4 Å². The number of carbonyl (C=O) groups is 1. The highest BCUT2D eigenvalue weighted by atomic mass is 32.2. The molecule has 0 fully saturated rings. The maximum atomic E-state index is 13.6. The monoisotopic (exact) mass is 496 g/mol. The van der Waals surface area contributed by atoms with Crippen LogP contribution >= 0.6 is 11.8 Å². The third-order valence-corrected chi connectivity index (χ3v) is 8.97. The van der Waals surface area contributed by atoms with Crippen LogP contribution in [0.3, 0.4) is 0 Å². The Morgan fingerprint density at radius 2 is 1.36 bits per heavy atom. The molecule has 1 aliphatic rings. The Kier molecular flexibility index (Phi) is 8.25. The van der Waals surface area contributed by atoms with Crippen LogP contribution in [0.2, 0.25) is 0 Å². The van der Waals surface area contributed by atoms with Gasteiger partial charge in [-0.2, -0.15) is 0 Å². The maximum absolute atomic E-state index is 13.6. The number of unbranched alkanes of at least 4 members (excludes halogenated alkanes) is 2. The lowest BCUT2D eigenvalue weighted by Crippen LogP contribution is -2.30. The van der Waals surface area contributed by atoms with Crippen LogP contribution in [0.4, 0.5) is 0 Å². The minimum atomic E-state index is -0.0105. The van der Waals surface area contributed by atoms with E-state index in [1.807, 2.05) is 18.2 Å². The summed E-state index contributed by atoms with van der Waals surface area (Å²) < 4.78 is 0. The SMILES string of the molecule is C/C=C1\C(C)(C)c2ccc(C(=O)c3ccc(Sc4ccccc4)cc3)cc2C1(CCCC)CCCC. The van der Waals surface area contributed by atoms with E-state index >= 15 is 0 Å². The van der Waals surface area contributed by atoms with Gasteiger partial charge < -0.3 is 0 Å². The van der Waals surface area contributed by atoms with Crippen LogP contribution < -0.4 is 0 Å². The zero-order chi connectivity index (χ0) is 25.8. The van der Waals surface area contributed by atoms with Crippen molar-refractivity contribution < 1.29 is 4.79 Å². The van der Waals surface area contributed by atoms with Crippen molar-refractivity contribution in [2.75, 3.05) is 0 Å². The predicted molar refractivity (Wildman–Crippen MR) is 154 cm³/mol. The summed E-state index contributed by atoms with van der Waals surface area (Å²) in [6.07, 6.45) is 9.46. The molecule has 0 radical (unpaired) electrons. The fourth-order valence-corrected chi connectivity index (χ4v) is 7.08. The summed E-state index contributed by atoms with van der Waals surface area (Å²) in [5.74, 6) is 0.112.